The second kappa shape index (κ2) is 7.02. The summed E-state index contributed by atoms with van der Waals surface area (Å²) < 4.78 is 38.3. The van der Waals surface area contributed by atoms with Gasteiger partial charge >= 0.3 is 6.18 Å². The standard InChI is InChI=1S/C14H12ClF3N2OS/c15-12-5-4-11(22-12)7-20-13(21)8-19-10-3-1-2-9(6-10)14(16,17)18/h1-6,19H,7-8H2,(H,20,21). The fourth-order valence-electron chi connectivity index (χ4n) is 1.68. The van der Waals surface area contributed by atoms with Gasteiger partial charge < -0.3 is 10.6 Å². The van der Waals surface area contributed by atoms with Gasteiger partial charge in [-0.25, -0.2) is 0 Å². The maximum absolute atomic E-state index is 12.6. The number of rotatable bonds is 5. The number of anilines is 1. The number of halogens is 4. The zero-order chi connectivity index (χ0) is 16.2. The molecule has 1 aromatic heterocycles. The maximum Gasteiger partial charge on any atom is 0.416 e. The third-order valence-corrected chi connectivity index (χ3v) is 3.96. The Hall–Kier alpha value is -1.73. The quantitative estimate of drug-likeness (QED) is 0.852. The number of thiophene rings is 1. The van der Waals surface area contributed by atoms with Crippen LogP contribution in [0.25, 0.3) is 0 Å². The van der Waals surface area contributed by atoms with Gasteiger partial charge in [0.1, 0.15) is 0 Å². The van der Waals surface area contributed by atoms with E-state index in [2.05, 4.69) is 10.6 Å². The van der Waals surface area contributed by atoms with Crippen LogP contribution in [0.3, 0.4) is 0 Å². The largest absolute Gasteiger partial charge is 0.416 e. The third-order valence-electron chi connectivity index (χ3n) is 2.73. The van der Waals surface area contributed by atoms with E-state index in [1.807, 2.05) is 0 Å². The molecular formula is C14H12ClF3N2OS. The molecule has 2 rings (SSSR count). The zero-order valence-electron chi connectivity index (χ0n) is 11.2. The Balaban J connectivity index is 1.83. The lowest BCUT2D eigenvalue weighted by molar-refractivity contribution is -0.137. The molecule has 0 radical (unpaired) electrons. The number of carbonyl (C=O) groups excluding carboxylic acids is 1. The fraction of sp³-hybridized carbons (Fsp3) is 0.214. The lowest BCUT2D eigenvalue weighted by atomic mass is 10.2. The van der Waals surface area contributed by atoms with Crippen molar-refractivity contribution < 1.29 is 18.0 Å². The van der Waals surface area contributed by atoms with Gasteiger partial charge in [-0.1, -0.05) is 17.7 Å². The van der Waals surface area contributed by atoms with Gasteiger partial charge in [-0.05, 0) is 30.3 Å². The summed E-state index contributed by atoms with van der Waals surface area (Å²) >= 11 is 7.12. The Bertz CT molecular complexity index is 658. The fourth-order valence-corrected chi connectivity index (χ4v) is 2.71. The molecule has 0 saturated carbocycles. The number of carbonyl (C=O) groups is 1. The molecular weight excluding hydrogens is 337 g/mol. The van der Waals surface area contributed by atoms with Crippen molar-refractivity contribution in [2.75, 3.05) is 11.9 Å². The van der Waals surface area contributed by atoms with Crippen molar-refractivity contribution in [3.63, 3.8) is 0 Å². The first kappa shape index (κ1) is 16.6. The highest BCUT2D eigenvalue weighted by Crippen LogP contribution is 2.30. The molecule has 2 aromatic rings. The molecule has 0 aliphatic carbocycles. The molecule has 0 unspecified atom stereocenters. The van der Waals surface area contributed by atoms with Crippen molar-refractivity contribution in [3.05, 3.63) is 51.2 Å². The van der Waals surface area contributed by atoms with Gasteiger partial charge in [0.15, 0.2) is 0 Å². The highest BCUT2D eigenvalue weighted by Gasteiger charge is 2.30. The molecule has 0 aliphatic heterocycles. The molecule has 1 amide bonds. The Kier molecular flexibility index (Phi) is 5.31. The van der Waals surface area contributed by atoms with Crippen molar-refractivity contribution in [1.29, 1.82) is 0 Å². The van der Waals surface area contributed by atoms with Crippen LogP contribution in [-0.2, 0) is 17.5 Å². The van der Waals surface area contributed by atoms with Crippen LogP contribution in [0, 0.1) is 0 Å². The summed E-state index contributed by atoms with van der Waals surface area (Å²) in [7, 11) is 0. The number of alkyl halides is 3. The summed E-state index contributed by atoms with van der Waals surface area (Å²) in [5.41, 5.74) is -0.518. The van der Waals surface area contributed by atoms with Crippen LogP contribution >= 0.6 is 22.9 Å². The monoisotopic (exact) mass is 348 g/mol. The number of nitrogens with one attached hydrogen (secondary N) is 2. The lowest BCUT2D eigenvalue weighted by Gasteiger charge is -2.10. The van der Waals surface area contributed by atoms with E-state index in [0.29, 0.717) is 10.9 Å². The van der Waals surface area contributed by atoms with Crippen LogP contribution in [0.2, 0.25) is 4.34 Å². The molecule has 3 nitrogen and oxygen atoms in total. The van der Waals surface area contributed by atoms with Crippen LogP contribution in [0.5, 0.6) is 0 Å². The van der Waals surface area contributed by atoms with Gasteiger partial charge in [0.2, 0.25) is 5.91 Å². The predicted octanol–water partition coefficient (Wildman–Crippen LogP) is 4.15. The summed E-state index contributed by atoms with van der Waals surface area (Å²) in [5, 5.41) is 5.32. The van der Waals surface area contributed by atoms with E-state index < -0.39 is 11.7 Å². The van der Waals surface area contributed by atoms with Crippen molar-refractivity contribution in [2.24, 2.45) is 0 Å². The van der Waals surface area contributed by atoms with Crippen molar-refractivity contribution in [1.82, 2.24) is 5.32 Å². The number of benzene rings is 1. The predicted molar refractivity (Wildman–Crippen MR) is 81.1 cm³/mol. The normalized spacial score (nSPS) is 11.3. The van der Waals surface area contributed by atoms with Gasteiger partial charge in [-0.15, -0.1) is 11.3 Å². The third kappa shape index (κ3) is 4.92. The van der Waals surface area contributed by atoms with E-state index in [0.717, 1.165) is 17.0 Å². The zero-order valence-corrected chi connectivity index (χ0v) is 12.8. The summed E-state index contributed by atoms with van der Waals surface area (Å²) in [6, 6.07) is 8.23. The van der Waals surface area contributed by atoms with Crippen LogP contribution < -0.4 is 10.6 Å². The van der Waals surface area contributed by atoms with Gasteiger partial charge in [0.25, 0.3) is 0 Å². The summed E-state index contributed by atoms with van der Waals surface area (Å²) in [6.07, 6.45) is -4.40. The second-order valence-corrected chi connectivity index (χ2v) is 6.21. The van der Waals surface area contributed by atoms with E-state index in [4.69, 9.17) is 11.6 Å². The molecule has 1 aromatic carbocycles. The van der Waals surface area contributed by atoms with Gasteiger partial charge in [-0.2, -0.15) is 13.2 Å². The van der Waals surface area contributed by atoms with Crippen molar-refractivity contribution >= 4 is 34.5 Å². The van der Waals surface area contributed by atoms with E-state index in [1.165, 1.54) is 23.5 Å². The number of amides is 1. The summed E-state index contributed by atoms with van der Waals surface area (Å²) in [5.74, 6) is -0.318. The summed E-state index contributed by atoms with van der Waals surface area (Å²) in [6.45, 7) is 0.223. The first-order valence-electron chi connectivity index (χ1n) is 6.26. The van der Waals surface area contributed by atoms with Crippen LogP contribution in [0.1, 0.15) is 10.4 Å². The van der Waals surface area contributed by atoms with Crippen LogP contribution in [0.4, 0.5) is 18.9 Å². The molecule has 22 heavy (non-hydrogen) atoms. The Labute approximate surface area is 134 Å². The number of hydrogen-bond donors (Lipinski definition) is 2. The van der Waals surface area contributed by atoms with E-state index in [1.54, 1.807) is 12.1 Å². The van der Waals surface area contributed by atoms with Crippen LogP contribution in [-0.4, -0.2) is 12.5 Å². The summed E-state index contributed by atoms with van der Waals surface area (Å²) in [4.78, 5) is 12.6. The molecule has 0 spiro atoms. The first-order valence-corrected chi connectivity index (χ1v) is 7.46. The number of hydrogen-bond acceptors (Lipinski definition) is 3. The molecule has 118 valence electrons. The molecule has 0 atom stereocenters. The minimum Gasteiger partial charge on any atom is -0.376 e. The molecule has 0 aliphatic rings. The lowest BCUT2D eigenvalue weighted by Crippen LogP contribution is -2.29. The maximum atomic E-state index is 12.6. The first-order chi connectivity index (χ1) is 10.3. The van der Waals surface area contributed by atoms with E-state index in [9.17, 15) is 18.0 Å². The smallest absolute Gasteiger partial charge is 0.376 e. The SMILES string of the molecule is O=C(CNc1cccc(C(F)(F)F)c1)NCc1ccc(Cl)s1. The van der Waals surface area contributed by atoms with Gasteiger partial charge in [0.05, 0.1) is 23.0 Å². The molecule has 0 saturated heterocycles. The van der Waals surface area contributed by atoms with Crippen molar-refractivity contribution in [3.8, 4) is 0 Å². The van der Waals surface area contributed by atoms with Crippen LogP contribution in [0.15, 0.2) is 36.4 Å². The van der Waals surface area contributed by atoms with E-state index in [-0.39, 0.29) is 18.1 Å². The molecule has 1 heterocycles. The highest BCUT2D eigenvalue weighted by atomic mass is 35.5. The van der Waals surface area contributed by atoms with Gasteiger partial charge in [-0.3, -0.25) is 4.79 Å². The molecule has 0 fully saturated rings. The topological polar surface area (TPSA) is 41.1 Å². The van der Waals surface area contributed by atoms with E-state index >= 15 is 0 Å². The average Bonchev–Trinajstić information content (AvgIpc) is 2.88. The second-order valence-electron chi connectivity index (χ2n) is 4.41. The Morgan fingerprint density at radius 3 is 2.64 bits per heavy atom. The highest BCUT2D eigenvalue weighted by molar-refractivity contribution is 7.16. The molecule has 2 N–H and O–H groups in total. The Morgan fingerprint density at radius 1 is 1.23 bits per heavy atom. The van der Waals surface area contributed by atoms with Crippen molar-refractivity contribution in [2.45, 2.75) is 12.7 Å². The Morgan fingerprint density at radius 2 is 2.00 bits per heavy atom. The average molecular weight is 349 g/mol. The minimum absolute atomic E-state index is 0.111. The molecule has 0 bridgehead atoms. The minimum atomic E-state index is -4.40. The molecule has 8 heteroatoms. The van der Waals surface area contributed by atoms with Gasteiger partial charge in [0, 0.05) is 10.6 Å².